The van der Waals surface area contributed by atoms with Crippen molar-refractivity contribution < 1.29 is 4.79 Å². The van der Waals surface area contributed by atoms with Gasteiger partial charge >= 0.3 is 0 Å². The van der Waals surface area contributed by atoms with Gasteiger partial charge in [0.2, 0.25) is 0 Å². The molecular formula is C20H16N4OS2. The lowest BCUT2D eigenvalue weighted by Gasteiger charge is -2.09. The predicted molar refractivity (Wildman–Crippen MR) is 110 cm³/mol. The molecule has 0 aliphatic rings. The molecule has 0 unspecified atom stereocenters. The van der Waals surface area contributed by atoms with Gasteiger partial charge in [-0.25, -0.2) is 9.97 Å². The highest BCUT2D eigenvalue weighted by atomic mass is 32.2. The molecule has 3 aromatic heterocycles. The van der Waals surface area contributed by atoms with Gasteiger partial charge < -0.3 is 5.32 Å². The van der Waals surface area contributed by atoms with E-state index in [1.807, 2.05) is 37.3 Å². The average molecular weight is 393 g/mol. The molecule has 0 fully saturated rings. The van der Waals surface area contributed by atoms with E-state index in [9.17, 15) is 4.79 Å². The number of carbonyl (C=O) groups excluding carboxylic acids is 1. The first-order chi connectivity index (χ1) is 13.2. The van der Waals surface area contributed by atoms with Crippen LogP contribution in [0.3, 0.4) is 0 Å². The molecule has 0 bridgehead atoms. The fourth-order valence-electron chi connectivity index (χ4n) is 2.63. The number of hydrogen-bond acceptors (Lipinski definition) is 6. The van der Waals surface area contributed by atoms with Crippen LogP contribution in [-0.4, -0.2) is 20.9 Å². The molecule has 1 aromatic carbocycles. The van der Waals surface area contributed by atoms with Crippen LogP contribution in [0.4, 0.5) is 5.69 Å². The van der Waals surface area contributed by atoms with E-state index in [1.54, 1.807) is 42.1 Å². The van der Waals surface area contributed by atoms with Crippen molar-refractivity contribution in [3.05, 3.63) is 77.2 Å². The quantitative estimate of drug-likeness (QED) is 0.487. The summed E-state index contributed by atoms with van der Waals surface area (Å²) in [4.78, 5) is 25.7. The SMILES string of the molecule is Cc1nc2cc(NC(=O)c3cccnc3SCc3ccncc3)ccc2s1. The van der Waals surface area contributed by atoms with E-state index < -0.39 is 0 Å². The Kier molecular flexibility index (Phi) is 5.13. The second-order valence-electron chi connectivity index (χ2n) is 5.87. The highest BCUT2D eigenvalue weighted by molar-refractivity contribution is 7.98. The van der Waals surface area contributed by atoms with Crippen LogP contribution in [0.2, 0.25) is 0 Å². The molecule has 134 valence electrons. The van der Waals surface area contributed by atoms with Crippen LogP contribution in [0.15, 0.2) is 66.1 Å². The zero-order chi connectivity index (χ0) is 18.6. The fourth-order valence-corrected chi connectivity index (χ4v) is 4.38. The van der Waals surface area contributed by atoms with Crippen LogP contribution in [-0.2, 0) is 5.75 Å². The molecule has 3 heterocycles. The summed E-state index contributed by atoms with van der Waals surface area (Å²) in [5.41, 5.74) is 3.32. The van der Waals surface area contributed by atoms with Gasteiger partial charge in [-0.05, 0) is 55.0 Å². The van der Waals surface area contributed by atoms with Crippen molar-refractivity contribution in [2.75, 3.05) is 5.32 Å². The van der Waals surface area contributed by atoms with Crippen LogP contribution in [0.25, 0.3) is 10.2 Å². The predicted octanol–water partition coefficient (Wildman–Crippen LogP) is 4.94. The van der Waals surface area contributed by atoms with E-state index in [0.29, 0.717) is 10.6 Å². The zero-order valence-corrected chi connectivity index (χ0v) is 16.2. The van der Waals surface area contributed by atoms with Gasteiger partial charge in [0.25, 0.3) is 5.91 Å². The van der Waals surface area contributed by atoms with Crippen molar-refractivity contribution in [1.82, 2.24) is 15.0 Å². The number of nitrogens with one attached hydrogen (secondary N) is 1. The zero-order valence-electron chi connectivity index (χ0n) is 14.5. The summed E-state index contributed by atoms with van der Waals surface area (Å²) < 4.78 is 1.11. The van der Waals surface area contributed by atoms with Crippen LogP contribution in [0.1, 0.15) is 20.9 Å². The highest BCUT2D eigenvalue weighted by Crippen LogP contribution is 2.27. The lowest BCUT2D eigenvalue weighted by molar-refractivity contribution is 0.102. The average Bonchev–Trinajstić information content (AvgIpc) is 3.06. The van der Waals surface area contributed by atoms with Gasteiger partial charge in [-0.1, -0.05) is 0 Å². The number of amides is 1. The van der Waals surface area contributed by atoms with Crippen LogP contribution in [0, 0.1) is 6.92 Å². The third-order valence-corrected chi connectivity index (χ3v) is 5.92. The van der Waals surface area contributed by atoms with Gasteiger partial charge in [-0.2, -0.15) is 0 Å². The summed E-state index contributed by atoms with van der Waals surface area (Å²) in [5, 5.41) is 4.68. The third-order valence-electron chi connectivity index (χ3n) is 3.89. The minimum Gasteiger partial charge on any atom is -0.322 e. The first-order valence-corrected chi connectivity index (χ1v) is 10.1. The minimum absolute atomic E-state index is 0.174. The van der Waals surface area contributed by atoms with Gasteiger partial charge in [-0.3, -0.25) is 9.78 Å². The number of rotatable bonds is 5. The Bertz CT molecular complexity index is 1100. The smallest absolute Gasteiger partial charge is 0.258 e. The number of aryl methyl sites for hydroxylation is 1. The van der Waals surface area contributed by atoms with Crippen molar-refractivity contribution in [3.8, 4) is 0 Å². The molecule has 7 heteroatoms. The normalized spacial score (nSPS) is 10.9. The lowest BCUT2D eigenvalue weighted by atomic mass is 10.2. The second-order valence-corrected chi connectivity index (χ2v) is 8.07. The number of hydrogen-bond donors (Lipinski definition) is 1. The molecule has 0 atom stereocenters. The van der Waals surface area contributed by atoms with Gasteiger partial charge in [0.1, 0.15) is 5.03 Å². The van der Waals surface area contributed by atoms with Gasteiger partial charge in [0.15, 0.2) is 0 Å². The minimum atomic E-state index is -0.174. The van der Waals surface area contributed by atoms with Crippen molar-refractivity contribution in [2.45, 2.75) is 17.7 Å². The fraction of sp³-hybridized carbons (Fsp3) is 0.100. The largest absolute Gasteiger partial charge is 0.322 e. The van der Waals surface area contributed by atoms with E-state index in [4.69, 9.17) is 0 Å². The summed E-state index contributed by atoms with van der Waals surface area (Å²) in [5.74, 6) is 0.552. The van der Waals surface area contributed by atoms with E-state index in [-0.39, 0.29) is 5.91 Å². The summed E-state index contributed by atoms with van der Waals surface area (Å²) in [6.07, 6.45) is 5.23. The molecule has 0 aliphatic heterocycles. The van der Waals surface area contributed by atoms with Crippen LogP contribution in [0.5, 0.6) is 0 Å². The standard InChI is InChI=1S/C20H16N4OS2/c1-13-23-17-11-15(4-5-18(17)27-13)24-19(25)16-3-2-8-22-20(16)26-12-14-6-9-21-10-7-14/h2-11H,12H2,1H3,(H,24,25). The number of pyridine rings is 2. The molecule has 0 saturated carbocycles. The number of thiazole rings is 1. The summed E-state index contributed by atoms with van der Waals surface area (Å²) in [6, 6.07) is 13.3. The Balaban J connectivity index is 1.52. The molecule has 0 radical (unpaired) electrons. The van der Waals surface area contributed by atoms with Crippen LogP contribution < -0.4 is 5.32 Å². The van der Waals surface area contributed by atoms with Crippen molar-refractivity contribution in [1.29, 1.82) is 0 Å². The molecule has 5 nitrogen and oxygen atoms in total. The molecule has 4 aromatic rings. The first-order valence-electron chi connectivity index (χ1n) is 8.34. The molecule has 1 amide bonds. The molecule has 0 spiro atoms. The summed E-state index contributed by atoms with van der Waals surface area (Å²) in [6.45, 7) is 1.98. The summed E-state index contributed by atoms with van der Waals surface area (Å²) >= 11 is 3.18. The Morgan fingerprint density at radius 1 is 1.15 bits per heavy atom. The number of benzene rings is 1. The first kappa shape index (κ1) is 17.6. The maximum Gasteiger partial charge on any atom is 0.258 e. The Hall–Kier alpha value is -2.77. The molecule has 4 rings (SSSR count). The topological polar surface area (TPSA) is 67.8 Å². The Morgan fingerprint density at radius 3 is 2.85 bits per heavy atom. The van der Waals surface area contributed by atoms with E-state index >= 15 is 0 Å². The maximum absolute atomic E-state index is 12.8. The molecular weight excluding hydrogens is 376 g/mol. The number of fused-ring (bicyclic) bond motifs is 1. The molecule has 27 heavy (non-hydrogen) atoms. The monoisotopic (exact) mass is 392 g/mol. The van der Waals surface area contributed by atoms with E-state index in [2.05, 4.69) is 20.3 Å². The van der Waals surface area contributed by atoms with E-state index in [1.165, 1.54) is 11.8 Å². The Labute approximate surface area is 164 Å². The highest BCUT2D eigenvalue weighted by Gasteiger charge is 2.14. The van der Waals surface area contributed by atoms with Crippen molar-refractivity contribution >= 4 is 44.9 Å². The van der Waals surface area contributed by atoms with Crippen LogP contribution >= 0.6 is 23.1 Å². The van der Waals surface area contributed by atoms with Gasteiger partial charge in [-0.15, -0.1) is 23.1 Å². The van der Waals surface area contributed by atoms with Gasteiger partial charge in [0, 0.05) is 30.0 Å². The summed E-state index contributed by atoms with van der Waals surface area (Å²) in [7, 11) is 0. The number of carbonyl (C=O) groups is 1. The molecule has 1 N–H and O–H groups in total. The molecule has 0 aliphatic carbocycles. The lowest BCUT2D eigenvalue weighted by Crippen LogP contribution is -2.13. The number of nitrogens with zero attached hydrogens (tertiary/aromatic N) is 3. The maximum atomic E-state index is 12.8. The van der Waals surface area contributed by atoms with E-state index in [0.717, 1.165) is 32.2 Å². The van der Waals surface area contributed by atoms with Crippen molar-refractivity contribution in [3.63, 3.8) is 0 Å². The number of anilines is 1. The Morgan fingerprint density at radius 2 is 2.00 bits per heavy atom. The number of thioether (sulfide) groups is 1. The number of aromatic nitrogens is 3. The second kappa shape index (κ2) is 7.85. The third kappa shape index (κ3) is 4.15. The molecule has 0 saturated heterocycles. The van der Waals surface area contributed by atoms with Crippen molar-refractivity contribution in [2.24, 2.45) is 0 Å². The van der Waals surface area contributed by atoms with Gasteiger partial charge in [0.05, 0.1) is 20.8 Å².